The van der Waals surface area contributed by atoms with Crippen LogP contribution in [0.25, 0.3) is 11.5 Å². The maximum absolute atomic E-state index is 8.75. The fourth-order valence-electron chi connectivity index (χ4n) is 1.56. The Kier molecular flexibility index (Phi) is 2.61. The van der Waals surface area contributed by atoms with E-state index in [1.807, 2.05) is 30.3 Å². The molecule has 4 nitrogen and oxygen atoms in total. The standard InChI is InChI=1S/C12H11N3O/c1-2-8-5-3-4-6-9(8)12-15-10(7-13)11(14)16-12/h3-6H,2,14H2,1H3. The highest BCUT2D eigenvalue weighted by Crippen LogP contribution is 2.26. The van der Waals surface area contributed by atoms with E-state index >= 15 is 0 Å². The molecular formula is C12H11N3O. The topological polar surface area (TPSA) is 75.8 Å². The zero-order chi connectivity index (χ0) is 11.5. The molecule has 2 aromatic rings. The lowest BCUT2D eigenvalue weighted by molar-refractivity contribution is 0.593. The van der Waals surface area contributed by atoms with E-state index in [-0.39, 0.29) is 11.6 Å². The van der Waals surface area contributed by atoms with Crippen molar-refractivity contribution in [3.63, 3.8) is 0 Å². The molecule has 2 N–H and O–H groups in total. The van der Waals surface area contributed by atoms with Gasteiger partial charge in [-0.05, 0) is 18.1 Å². The van der Waals surface area contributed by atoms with Crippen LogP contribution >= 0.6 is 0 Å². The normalized spacial score (nSPS) is 10.0. The molecular weight excluding hydrogens is 202 g/mol. The fourth-order valence-corrected chi connectivity index (χ4v) is 1.56. The first kappa shape index (κ1) is 10.2. The van der Waals surface area contributed by atoms with Crippen molar-refractivity contribution in [2.24, 2.45) is 0 Å². The summed E-state index contributed by atoms with van der Waals surface area (Å²) in [5.74, 6) is 0.481. The zero-order valence-electron chi connectivity index (χ0n) is 8.90. The van der Waals surface area contributed by atoms with E-state index in [1.165, 1.54) is 0 Å². The number of hydrogen-bond donors (Lipinski definition) is 1. The van der Waals surface area contributed by atoms with Gasteiger partial charge in [-0.25, -0.2) is 0 Å². The summed E-state index contributed by atoms with van der Waals surface area (Å²) in [6.45, 7) is 2.05. The third-order valence-corrected chi connectivity index (χ3v) is 2.39. The summed E-state index contributed by atoms with van der Waals surface area (Å²) < 4.78 is 5.28. The fraction of sp³-hybridized carbons (Fsp3) is 0.167. The third kappa shape index (κ3) is 1.63. The van der Waals surface area contributed by atoms with E-state index in [4.69, 9.17) is 15.4 Å². The molecule has 16 heavy (non-hydrogen) atoms. The molecule has 0 radical (unpaired) electrons. The van der Waals surface area contributed by atoms with Crippen LogP contribution in [0.4, 0.5) is 5.88 Å². The molecule has 1 aromatic carbocycles. The van der Waals surface area contributed by atoms with Gasteiger partial charge >= 0.3 is 0 Å². The number of aromatic nitrogens is 1. The minimum atomic E-state index is 0.0726. The monoisotopic (exact) mass is 213 g/mol. The highest BCUT2D eigenvalue weighted by atomic mass is 16.4. The molecule has 0 fully saturated rings. The molecule has 80 valence electrons. The summed E-state index contributed by atoms with van der Waals surface area (Å²) >= 11 is 0. The molecule has 2 rings (SSSR count). The second-order valence-corrected chi connectivity index (χ2v) is 3.35. The number of aryl methyl sites for hydroxylation is 1. The van der Waals surface area contributed by atoms with Crippen LogP contribution in [-0.4, -0.2) is 4.98 Å². The van der Waals surface area contributed by atoms with E-state index < -0.39 is 0 Å². The van der Waals surface area contributed by atoms with Gasteiger partial charge in [-0.2, -0.15) is 10.2 Å². The minimum Gasteiger partial charge on any atom is -0.419 e. The molecule has 0 saturated carbocycles. The van der Waals surface area contributed by atoms with Crippen LogP contribution in [0.3, 0.4) is 0 Å². The van der Waals surface area contributed by atoms with Gasteiger partial charge in [-0.1, -0.05) is 25.1 Å². The van der Waals surface area contributed by atoms with Gasteiger partial charge in [0.25, 0.3) is 0 Å². The van der Waals surface area contributed by atoms with Gasteiger partial charge in [0.2, 0.25) is 17.5 Å². The first-order valence-electron chi connectivity index (χ1n) is 5.01. The van der Waals surface area contributed by atoms with Crippen LogP contribution < -0.4 is 5.73 Å². The van der Waals surface area contributed by atoms with Crippen LogP contribution in [0.15, 0.2) is 28.7 Å². The van der Waals surface area contributed by atoms with E-state index in [2.05, 4.69) is 11.9 Å². The van der Waals surface area contributed by atoms with Crippen molar-refractivity contribution < 1.29 is 4.42 Å². The number of nitrogens with two attached hydrogens (primary N) is 1. The summed E-state index contributed by atoms with van der Waals surface area (Å²) in [5.41, 5.74) is 7.67. The van der Waals surface area contributed by atoms with E-state index in [1.54, 1.807) is 0 Å². The Morgan fingerprint density at radius 2 is 2.19 bits per heavy atom. The highest BCUT2D eigenvalue weighted by Gasteiger charge is 2.13. The van der Waals surface area contributed by atoms with Gasteiger partial charge < -0.3 is 10.2 Å². The van der Waals surface area contributed by atoms with Crippen LogP contribution in [0.2, 0.25) is 0 Å². The van der Waals surface area contributed by atoms with E-state index in [0.717, 1.165) is 17.5 Å². The lowest BCUT2D eigenvalue weighted by atomic mass is 10.1. The number of nitrogens with zero attached hydrogens (tertiary/aromatic N) is 2. The molecule has 0 aliphatic rings. The maximum Gasteiger partial charge on any atom is 0.230 e. The Bertz CT molecular complexity index is 552. The maximum atomic E-state index is 8.75. The van der Waals surface area contributed by atoms with Crippen LogP contribution in [0, 0.1) is 11.3 Å². The number of nitrogen functional groups attached to an aromatic ring is 1. The first-order valence-corrected chi connectivity index (χ1v) is 5.01. The largest absolute Gasteiger partial charge is 0.419 e. The molecule has 1 aromatic heterocycles. The van der Waals surface area contributed by atoms with Crippen LogP contribution in [-0.2, 0) is 6.42 Å². The Morgan fingerprint density at radius 1 is 1.44 bits per heavy atom. The van der Waals surface area contributed by atoms with E-state index in [0.29, 0.717) is 5.89 Å². The number of hydrogen-bond acceptors (Lipinski definition) is 4. The Hall–Kier alpha value is -2.28. The number of benzene rings is 1. The zero-order valence-corrected chi connectivity index (χ0v) is 8.90. The number of oxazole rings is 1. The van der Waals surface area contributed by atoms with Crippen LogP contribution in [0.5, 0.6) is 0 Å². The van der Waals surface area contributed by atoms with Crippen molar-refractivity contribution in [2.75, 3.05) is 5.73 Å². The molecule has 0 unspecified atom stereocenters. The van der Waals surface area contributed by atoms with Gasteiger partial charge in [0.05, 0.1) is 0 Å². The minimum absolute atomic E-state index is 0.0726. The lowest BCUT2D eigenvalue weighted by Gasteiger charge is -2.02. The quantitative estimate of drug-likeness (QED) is 0.830. The molecule has 0 spiro atoms. The molecule has 4 heteroatoms. The summed E-state index contributed by atoms with van der Waals surface area (Å²) in [4.78, 5) is 4.05. The summed E-state index contributed by atoms with van der Waals surface area (Å²) in [6.07, 6.45) is 0.875. The van der Waals surface area contributed by atoms with Crippen molar-refractivity contribution in [1.82, 2.24) is 4.98 Å². The number of anilines is 1. The highest BCUT2D eigenvalue weighted by molar-refractivity contribution is 5.61. The average Bonchev–Trinajstić information content (AvgIpc) is 2.70. The summed E-state index contributed by atoms with van der Waals surface area (Å²) in [6, 6.07) is 9.66. The number of rotatable bonds is 2. The van der Waals surface area contributed by atoms with Gasteiger partial charge in [-0.3, -0.25) is 0 Å². The molecule has 0 atom stereocenters. The first-order chi connectivity index (χ1) is 7.76. The Morgan fingerprint density at radius 3 is 2.81 bits per heavy atom. The van der Waals surface area contributed by atoms with Gasteiger partial charge in [0.1, 0.15) is 6.07 Å². The van der Waals surface area contributed by atoms with Crippen LogP contribution in [0.1, 0.15) is 18.2 Å². The van der Waals surface area contributed by atoms with Gasteiger partial charge in [0.15, 0.2) is 0 Å². The molecule has 0 saturated heterocycles. The Balaban J connectivity index is 2.55. The van der Waals surface area contributed by atoms with Crippen molar-refractivity contribution in [1.29, 1.82) is 5.26 Å². The third-order valence-electron chi connectivity index (χ3n) is 2.39. The van der Waals surface area contributed by atoms with Crippen molar-refractivity contribution in [3.8, 4) is 17.5 Å². The van der Waals surface area contributed by atoms with Crippen molar-refractivity contribution in [2.45, 2.75) is 13.3 Å². The molecule has 0 bridgehead atoms. The van der Waals surface area contributed by atoms with Gasteiger partial charge in [0, 0.05) is 5.56 Å². The van der Waals surface area contributed by atoms with Crippen molar-refractivity contribution in [3.05, 3.63) is 35.5 Å². The smallest absolute Gasteiger partial charge is 0.230 e. The second kappa shape index (κ2) is 4.07. The molecule has 0 amide bonds. The molecule has 1 heterocycles. The SMILES string of the molecule is CCc1ccccc1-c1nc(C#N)c(N)o1. The predicted octanol–water partition coefficient (Wildman–Crippen LogP) is 2.36. The molecule has 0 aliphatic heterocycles. The summed E-state index contributed by atoms with van der Waals surface area (Å²) in [7, 11) is 0. The predicted molar refractivity (Wildman–Crippen MR) is 60.4 cm³/mol. The number of nitriles is 1. The molecule has 0 aliphatic carbocycles. The second-order valence-electron chi connectivity index (χ2n) is 3.35. The summed E-state index contributed by atoms with van der Waals surface area (Å²) in [5, 5.41) is 8.75. The van der Waals surface area contributed by atoms with E-state index in [9.17, 15) is 0 Å². The lowest BCUT2D eigenvalue weighted by Crippen LogP contribution is -1.87. The Labute approximate surface area is 93.3 Å². The van der Waals surface area contributed by atoms with Crippen molar-refractivity contribution >= 4 is 5.88 Å². The average molecular weight is 213 g/mol. The van der Waals surface area contributed by atoms with Gasteiger partial charge in [-0.15, -0.1) is 0 Å².